The van der Waals surface area contributed by atoms with Crippen molar-refractivity contribution in [1.29, 1.82) is 0 Å². The minimum Gasteiger partial charge on any atom is -0.348 e. The summed E-state index contributed by atoms with van der Waals surface area (Å²) in [7, 11) is -3.80. The molecule has 4 rings (SSSR count). The van der Waals surface area contributed by atoms with Gasteiger partial charge >= 0.3 is 0 Å². The Morgan fingerprint density at radius 3 is 2.26 bits per heavy atom. The van der Waals surface area contributed by atoms with Gasteiger partial charge in [0.15, 0.2) is 0 Å². The maximum Gasteiger partial charge on any atom is 0.243 e. The molecule has 180 valence electrons. The largest absolute Gasteiger partial charge is 0.348 e. The quantitative estimate of drug-likeness (QED) is 0.526. The molecular weight excluding hydrogens is 446 g/mol. The summed E-state index contributed by atoms with van der Waals surface area (Å²) < 4.78 is 30.2. The molecule has 0 saturated heterocycles. The Kier molecular flexibility index (Phi) is 6.69. The third kappa shape index (κ3) is 4.68. The van der Waals surface area contributed by atoms with Gasteiger partial charge in [0.05, 0.1) is 17.5 Å². The van der Waals surface area contributed by atoms with E-state index in [1.807, 2.05) is 65.7 Å². The molecule has 0 bridgehead atoms. The van der Waals surface area contributed by atoms with Gasteiger partial charge in [-0.3, -0.25) is 4.79 Å². The SMILES string of the molecule is CCN(CC(=O)N1CCn2cccc2C1c1ccccc1)S(=O)(=O)c1ccc(C(C)(C)C)cc1. The van der Waals surface area contributed by atoms with Gasteiger partial charge in [-0.25, -0.2) is 8.42 Å². The summed E-state index contributed by atoms with van der Waals surface area (Å²) in [5, 5.41) is 0. The number of sulfonamides is 1. The summed E-state index contributed by atoms with van der Waals surface area (Å²) in [6.07, 6.45) is 2.02. The van der Waals surface area contributed by atoms with Crippen molar-refractivity contribution >= 4 is 15.9 Å². The second-order valence-corrected chi connectivity index (χ2v) is 11.7. The Bertz CT molecular complexity index is 1240. The van der Waals surface area contributed by atoms with E-state index in [1.165, 1.54) is 4.31 Å². The van der Waals surface area contributed by atoms with Crippen LogP contribution in [0.25, 0.3) is 0 Å². The van der Waals surface area contributed by atoms with E-state index in [-0.39, 0.29) is 35.3 Å². The highest BCUT2D eigenvalue weighted by molar-refractivity contribution is 7.89. The highest BCUT2D eigenvalue weighted by atomic mass is 32.2. The van der Waals surface area contributed by atoms with Crippen LogP contribution >= 0.6 is 0 Å². The molecule has 1 amide bonds. The van der Waals surface area contributed by atoms with Crippen LogP contribution in [-0.2, 0) is 26.8 Å². The van der Waals surface area contributed by atoms with Crippen LogP contribution < -0.4 is 0 Å². The van der Waals surface area contributed by atoms with Crippen LogP contribution in [0.4, 0.5) is 0 Å². The number of carbonyl (C=O) groups excluding carboxylic acids is 1. The molecule has 0 radical (unpaired) electrons. The van der Waals surface area contributed by atoms with Crippen LogP contribution in [-0.4, -0.2) is 47.7 Å². The van der Waals surface area contributed by atoms with Crippen molar-refractivity contribution in [2.24, 2.45) is 0 Å². The number of hydrogen-bond donors (Lipinski definition) is 0. The van der Waals surface area contributed by atoms with Gasteiger partial charge in [-0.05, 0) is 40.8 Å². The fraction of sp³-hybridized carbons (Fsp3) is 0.370. The van der Waals surface area contributed by atoms with Gasteiger partial charge in [-0.2, -0.15) is 4.31 Å². The van der Waals surface area contributed by atoms with Crippen molar-refractivity contribution in [3.8, 4) is 0 Å². The fourth-order valence-corrected chi connectivity index (χ4v) is 5.92. The van der Waals surface area contributed by atoms with Crippen LogP contribution in [0.15, 0.2) is 77.8 Å². The Morgan fingerprint density at radius 1 is 0.971 bits per heavy atom. The van der Waals surface area contributed by atoms with Gasteiger partial charge < -0.3 is 9.47 Å². The number of hydrogen-bond acceptors (Lipinski definition) is 3. The van der Waals surface area contributed by atoms with Crippen LogP contribution in [0.2, 0.25) is 0 Å². The molecule has 1 aromatic heterocycles. The van der Waals surface area contributed by atoms with Gasteiger partial charge in [0.25, 0.3) is 0 Å². The van der Waals surface area contributed by atoms with Gasteiger partial charge in [0.2, 0.25) is 15.9 Å². The topological polar surface area (TPSA) is 62.6 Å². The Labute approximate surface area is 202 Å². The van der Waals surface area contributed by atoms with E-state index in [0.29, 0.717) is 13.1 Å². The molecular formula is C27H33N3O3S. The Morgan fingerprint density at radius 2 is 1.65 bits per heavy atom. The lowest BCUT2D eigenvalue weighted by molar-refractivity contribution is -0.134. The molecule has 7 heteroatoms. The predicted octanol–water partition coefficient (Wildman–Crippen LogP) is 4.43. The lowest BCUT2D eigenvalue weighted by atomic mass is 9.87. The van der Waals surface area contributed by atoms with E-state index in [0.717, 1.165) is 16.8 Å². The van der Waals surface area contributed by atoms with Gasteiger partial charge in [0, 0.05) is 31.5 Å². The van der Waals surface area contributed by atoms with Crippen molar-refractivity contribution in [2.45, 2.75) is 50.6 Å². The first-order valence-corrected chi connectivity index (χ1v) is 13.2. The summed E-state index contributed by atoms with van der Waals surface area (Å²) in [5.74, 6) is -0.196. The maximum absolute atomic E-state index is 13.6. The predicted molar refractivity (Wildman–Crippen MR) is 134 cm³/mol. The second-order valence-electron chi connectivity index (χ2n) is 9.73. The molecule has 1 aliphatic rings. The average Bonchev–Trinajstić information content (AvgIpc) is 3.30. The highest BCUT2D eigenvalue weighted by Gasteiger charge is 2.34. The van der Waals surface area contributed by atoms with Gasteiger partial charge in [-0.1, -0.05) is 70.2 Å². The standard InChI is InChI=1S/C27H33N3O3S/c1-5-29(34(32,33)23-15-13-22(14-16-23)27(2,3)4)20-25(31)30-19-18-28-17-9-12-24(28)26(30)21-10-7-6-8-11-21/h6-17,26H,5,18-20H2,1-4H3. The molecule has 0 aliphatic carbocycles. The molecule has 0 saturated carbocycles. The normalized spacial score (nSPS) is 16.5. The third-order valence-corrected chi connectivity index (χ3v) is 8.43. The van der Waals surface area contributed by atoms with E-state index in [4.69, 9.17) is 0 Å². The zero-order chi connectivity index (χ0) is 24.5. The van der Waals surface area contributed by atoms with Gasteiger partial charge in [0.1, 0.15) is 0 Å². The molecule has 2 heterocycles. The summed E-state index contributed by atoms with van der Waals surface area (Å²) >= 11 is 0. The molecule has 34 heavy (non-hydrogen) atoms. The molecule has 3 aromatic rings. The average molecular weight is 480 g/mol. The summed E-state index contributed by atoms with van der Waals surface area (Å²) in [6, 6.07) is 20.7. The highest BCUT2D eigenvalue weighted by Crippen LogP contribution is 2.33. The third-order valence-electron chi connectivity index (χ3n) is 6.50. The first-order chi connectivity index (χ1) is 16.1. The van der Waals surface area contributed by atoms with Crippen molar-refractivity contribution in [1.82, 2.24) is 13.8 Å². The molecule has 6 nitrogen and oxygen atoms in total. The lowest BCUT2D eigenvalue weighted by Crippen LogP contribution is -2.47. The van der Waals surface area contributed by atoms with Crippen LogP contribution in [0.5, 0.6) is 0 Å². The molecule has 1 atom stereocenters. The molecule has 1 aliphatic heterocycles. The molecule has 1 unspecified atom stereocenters. The van der Waals surface area contributed by atoms with Crippen LogP contribution in [0.3, 0.4) is 0 Å². The molecule has 0 fully saturated rings. The maximum atomic E-state index is 13.6. The number of aromatic nitrogens is 1. The van der Waals surface area contributed by atoms with Crippen LogP contribution in [0, 0.1) is 0 Å². The molecule has 0 spiro atoms. The number of likely N-dealkylation sites (N-methyl/N-ethyl adjacent to an activating group) is 1. The van der Waals surface area contributed by atoms with E-state index in [9.17, 15) is 13.2 Å². The van der Waals surface area contributed by atoms with E-state index >= 15 is 0 Å². The van der Waals surface area contributed by atoms with E-state index < -0.39 is 10.0 Å². The number of fused-ring (bicyclic) bond motifs is 1. The summed E-state index contributed by atoms with van der Waals surface area (Å²) in [5.41, 5.74) is 3.04. The van der Waals surface area contributed by atoms with Gasteiger partial charge in [-0.15, -0.1) is 0 Å². The van der Waals surface area contributed by atoms with Crippen molar-refractivity contribution < 1.29 is 13.2 Å². The smallest absolute Gasteiger partial charge is 0.243 e. The Hall–Kier alpha value is -2.90. The first kappa shape index (κ1) is 24.2. The minimum absolute atomic E-state index is 0.0684. The number of carbonyl (C=O) groups is 1. The fourth-order valence-electron chi connectivity index (χ4n) is 4.52. The summed E-state index contributed by atoms with van der Waals surface area (Å²) in [6.45, 7) is 9.27. The zero-order valence-electron chi connectivity index (χ0n) is 20.3. The van der Waals surface area contributed by atoms with E-state index in [1.54, 1.807) is 19.1 Å². The van der Waals surface area contributed by atoms with Crippen molar-refractivity contribution in [3.63, 3.8) is 0 Å². The first-order valence-electron chi connectivity index (χ1n) is 11.7. The number of rotatable bonds is 6. The number of benzene rings is 2. The summed E-state index contributed by atoms with van der Waals surface area (Å²) in [4.78, 5) is 15.6. The molecule has 0 N–H and O–H groups in total. The van der Waals surface area contributed by atoms with Crippen molar-refractivity contribution in [3.05, 3.63) is 89.7 Å². The zero-order valence-corrected chi connectivity index (χ0v) is 21.1. The van der Waals surface area contributed by atoms with E-state index in [2.05, 4.69) is 25.3 Å². The number of nitrogens with zero attached hydrogens (tertiary/aromatic N) is 3. The van der Waals surface area contributed by atoms with Crippen molar-refractivity contribution in [2.75, 3.05) is 19.6 Å². The molecule has 2 aromatic carbocycles. The lowest BCUT2D eigenvalue weighted by Gasteiger charge is -2.38. The second kappa shape index (κ2) is 9.39. The monoisotopic (exact) mass is 479 g/mol. The Balaban J connectivity index is 1.60. The minimum atomic E-state index is -3.80. The number of amides is 1. The van der Waals surface area contributed by atoms with Crippen LogP contribution in [0.1, 0.15) is 50.6 Å².